The number of esters is 1. The second kappa shape index (κ2) is 7.55. The van der Waals surface area contributed by atoms with Gasteiger partial charge in [-0.2, -0.15) is 0 Å². The molecule has 1 aromatic carbocycles. The van der Waals surface area contributed by atoms with Crippen LogP contribution in [-0.4, -0.2) is 35.1 Å². The number of ether oxygens (including phenoxy) is 1. The molecule has 124 valence electrons. The number of thioether (sulfide) groups is 1. The van der Waals surface area contributed by atoms with E-state index in [-0.39, 0.29) is 16.9 Å². The van der Waals surface area contributed by atoms with Crippen LogP contribution in [0.15, 0.2) is 41.4 Å². The third-order valence-corrected chi connectivity index (χ3v) is 3.79. The molecule has 0 atom stereocenters. The monoisotopic (exact) mass is 347 g/mol. The Morgan fingerprint density at radius 3 is 2.58 bits per heavy atom. The molecule has 0 fully saturated rings. The highest BCUT2D eigenvalue weighted by Crippen LogP contribution is 2.25. The maximum Gasteiger partial charge on any atom is 0.356 e. The second-order valence-electron chi connectivity index (χ2n) is 4.52. The SMILES string of the molecule is COC(=O)c1ccc(NC(=O)c2cc(SC)ccc2[N+](=O)[O-])cn1. The van der Waals surface area contributed by atoms with Crippen molar-refractivity contribution in [2.45, 2.75) is 4.90 Å². The van der Waals surface area contributed by atoms with E-state index in [0.717, 1.165) is 4.90 Å². The molecule has 1 aromatic heterocycles. The summed E-state index contributed by atoms with van der Waals surface area (Å²) in [5, 5.41) is 13.6. The van der Waals surface area contributed by atoms with Gasteiger partial charge in [-0.1, -0.05) is 0 Å². The molecular formula is C15H13N3O5S. The lowest BCUT2D eigenvalue weighted by molar-refractivity contribution is -0.385. The lowest BCUT2D eigenvalue weighted by atomic mass is 10.1. The number of nitro benzene ring substituents is 1. The van der Waals surface area contributed by atoms with Gasteiger partial charge in [-0.25, -0.2) is 9.78 Å². The Labute approximate surface area is 141 Å². The number of carbonyl (C=O) groups is 2. The van der Waals surface area contributed by atoms with Crippen LogP contribution in [0.4, 0.5) is 11.4 Å². The number of nitrogens with zero attached hydrogens (tertiary/aromatic N) is 2. The van der Waals surface area contributed by atoms with Crippen molar-refractivity contribution in [3.05, 3.63) is 57.9 Å². The zero-order chi connectivity index (χ0) is 17.7. The Balaban J connectivity index is 2.26. The summed E-state index contributed by atoms with van der Waals surface area (Å²) < 4.78 is 4.53. The van der Waals surface area contributed by atoms with Gasteiger partial charge in [-0.15, -0.1) is 11.8 Å². The van der Waals surface area contributed by atoms with Crippen molar-refractivity contribution in [1.82, 2.24) is 4.98 Å². The highest BCUT2D eigenvalue weighted by Gasteiger charge is 2.21. The molecule has 0 aliphatic rings. The number of nitro groups is 1. The van der Waals surface area contributed by atoms with Gasteiger partial charge in [-0.3, -0.25) is 14.9 Å². The van der Waals surface area contributed by atoms with Crippen LogP contribution in [0.25, 0.3) is 0 Å². The van der Waals surface area contributed by atoms with E-state index in [1.54, 1.807) is 12.3 Å². The Morgan fingerprint density at radius 2 is 2.04 bits per heavy atom. The average molecular weight is 347 g/mol. The van der Waals surface area contributed by atoms with Crippen LogP contribution >= 0.6 is 11.8 Å². The van der Waals surface area contributed by atoms with E-state index in [0.29, 0.717) is 5.69 Å². The lowest BCUT2D eigenvalue weighted by Gasteiger charge is -2.07. The van der Waals surface area contributed by atoms with Crippen LogP contribution < -0.4 is 5.32 Å². The number of carbonyl (C=O) groups excluding carboxylic acids is 2. The predicted octanol–water partition coefficient (Wildman–Crippen LogP) is 2.75. The normalized spacial score (nSPS) is 10.1. The fourth-order valence-corrected chi connectivity index (χ4v) is 2.31. The molecule has 0 unspecified atom stereocenters. The molecular weight excluding hydrogens is 334 g/mol. The Morgan fingerprint density at radius 1 is 1.29 bits per heavy atom. The van der Waals surface area contributed by atoms with Gasteiger partial charge in [0.25, 0.3) is 11.6 Å². The van der Waals surface area contributed by atoms with Gasteiger partial charge < -0.3 is 10.1 Å². The number of hydrogen-bond acceptors (Lipinski definition) is 7. The van der Waals surface area contributed by atoms with Gasteiger partial charge in [0, 0.05) is 11.0 Å². The van der Waals surface area contributed by atoms with Gasteiger partial charge in [0.05, 0.1) is 23.9 Å². The van der Waals surface area contributed by atoms with Crippen LogP contribution in [0.1, 0.15) is 20.8 Å². The van der Waals surface area contributed by atoms with E-state index in [1.807, 2.05) is 0 Å². The van der Waals surface area contributed by atoms with Gasteiger partial charge in [0.1, 0.15) is 11.3 Å². The predicted molar refractivity (Wildman–Crippen MR) is 88.4 cm³/mol. The highest BCUT2D eigenvalue weighted by molar-refractivity contribution is 7.98. The van der Waals surface area contributed by atoms with Crippen LogP contribution in [-0.2, 0) is 4.74 Å². The summed E-state index contributed by atoms with van der Waals surface area (Å²) in [5.74, 6) is -1.23. The van der Waals surface area contributed by atoms with Crippen molar-refractivity contribution in [2.24, 2.45) is 0 Å². The molecule has 8 nitrogen and oxygen atoms in total. The number of amides is 1. The number of anilines is 1. The summed E-state index contributed by atoms with van der Waals surface area (Å²) in [6.45, 7) is 0. The number of nitrogens with one attached hydrogen (secondary N) is 1. The van der Waals surface area contributed by atoms with Crippen molar-refractivity contribution < 1.29 is 19.2 Å². The molecule has 1 N–H and O–H groups in total. The number of methoxy groups -OCH3 is 1. The number of rotatable bonds is 5. The number of benzene rings is 1. The lowest BCUT2D eigenvalue weighted by Crippen LogP contribution is -2.14. The molecule has 0 spiro atoms. The van der Waals surface area contributed by atoms with Crippen LogP contribution in [0.5, 0.6) is 0 Å². The zero-order valence-corrected chi connectivity index (χ0v) is 13.6. The third kappa shape index (κ3) is 3.87. The van der Waals surface area contributed by atoms with E-state index < -0.39 is 16.8 Å². The van der Waals surface area contributed by atoms with Crippen LogP contribution in [0, 0.1) is 10.1 Å². The van der Waals surface area contributed by atoms with Crippen LogP contribution in [0.3, 0.4) is 0 Å². The standard InChI is InChI=1S/C15H13N3O5S/c1-23-15(20)12-5-3-9(8-16-12)17-14(19)11-7-10(24-2)4-6-13(11)18(21)22/h3-8H,1-2H3,(H,17,19). The molecule has 2 aromatic rings. The summed E-state index contributed by atoms with van der Waals surface area (Å²) in [6, 6.07) is 7.16. The minimum absolute atomic E-state index is 0.0519. The Kier molecular flexibility index (Phi) is 5.48. The van der Waals surface area contributed by atoms with Crippen molar-refractivity contribution in [1.29, 1.82) is 0 Å². The van der Waals surface area contributed by atoms with Crippen molar-refractivity contribution >= 4 is 35.0 Å². The maximum atomic E-state index is 12.3. The number of aromatic nitrogens is 1. The van der Waals surface area contributed by atoms with E-state index in [2.05, 4.69) is 15.0 Å². The zero-order valence-electron chi connectivity index (χ0n) is 12.8. The molecule has 0 saturated carbocycles. The molecule has 1 amide bonds. The van der Waals surface area contributed by atoms with Gasteiger partial charge >= 0.3 is 5.97 Å². The summed E-state index contributed by atoms with van der Waals surface area (Å²) in [7, 11) is 1.23. The highest BCUT2D eigenvalue weighted by atomic mass is 32.2. The molecule has 0 aliphatic heterocycles. The minimum Gasteiger partial charge on any atom is -0.464 e. The molecule has 0 radical (unpaired) electrons. The number of hydrogen-bond donors (Lipinski definition) is 1. The molecule has 0 bridgehead atoms. The Hall–Kier alpha value is -2.94. The second-order valence-corrected chi connectivity index (χ2v) is 5.40. The molecule has 24 heavy (non-hydrogen) atoms. The molecule has 0 saturated heterocycles. The van der Waals surface area contributed by atoms with E-state index in [9.17, 15) is 19.7 Å². The van der Waals surface area contributed by atoms with E-state index >= 15 is 0 Å². The van der Waals surface area contributed by atoms with Crippen molar-refractivity contribution in [3.8, 4) is 0 Å². The van der Waals surface area contributed by atoms with E-state index in [4.69, 9.17) is 0 Å². The first-order valence-corrected chi connectivity index (χ1v) is 7.87. The molecule has 9 heteroatoms. The Bertz CT molecular complexity index is 792. The summed E-state index contributed by atoms with van der Waals surface area (Å²) >= 11 is 1.37. The quantitative estimate of drug-likeness (QED) is 0.383. The molecule has 2 rings (SSSR count). The van der Waals surface area contributed by atoms with Gasteiger partial charge in [0.15, 0.2) is 0 Å². The fraction of sp³-hybridized carbons (Fsp3) is 0.133. The summed E-state index contributed by atoms with van der Waals surface area (Å²) in [5.41, 5.74) is 0.0516. The average Bonchev–Trinajstić information content (AvgIpc) is 2.60. The fourth-order valence-electron chi connectivity index (χ4n) is 1.87. The van der Waals surface area contributed by atoms with Gasteiger partial charge in [-0.05, 0) is 30.5 Å². The molecule has 0 aliphatic carbocycles. The summed E-state index contributed by atoms with van der Waals surface area (Å²) in [6.07, 6.45) is 3.08. The first kappa shape index (κ1) is 17.4. The third-order valence-electron chi connectivity index (χ3n) is 3.06. The first-order valence-electron chi connectivity index (χ1n) is 6.64. The summed E-state index contributed by atoms with van der Waals surface area (Å²) in [4.78, 5) is 38.7. The maximum absolute atomic E-state index is 12.3. The smallest absolute Gasteiger partial charge is 0.356 e. The number of pyridine rings is 1. The van der Waals surface area contributed by atoms with Crippen molar-refractivity contribution in [2.75, 3.05) is 18.7 Å². The first-order chi connectivity index (χ1) is 11.5. The van der Waals surface area contributed by atoms with E-state index in [1.165, 1.54) is 49.3 Å². The van der Waals surface area contributed by atoms with Gasteiger partial charge in [0.2, 0.25) is 0 Å². The topological polar surface area (TPSA) is 111 Å². The molecule has 1 heterocycles. The van der Waals surface area contributed by atoms with Crippen molar-refractivity contribution in [3.63, 3.8) is 0 Å². The minimum atomic E-state index is -0.634. The largest absolute Gasteiger partial charge is 0.464 e. The van der Waals surface area contributed by atoms with Crippen LogP contribution in [0.2, 0.25) is 0 Å².